The van der Waals surface area contributed by atoms with Gasteiger partial charge in [0.15, 0.2) is 0 Å². The fourth-order valence-electron chi connectivity index (χ4n) is 3.97. The molecule has 34 heavy (non-hydrogen) atoms. The molecule has 1 aliphatic rings. The number of sulfonamides is 1. The van der Waals surface area contributed by atoms with Crippen LogP contribution in [0.15, 0.2) is 53.4 Å². The van der Waals surface area contributed by atoms with Gasteiger partial charge in [0.25, 0.3) is 15.9 Å². The van der Waals surface area contributed by atoms with E-state index in [0.717, 1.165) is 17.5 Å². The van der Waals surface area contributed by atoms with Gasteiger partial charge in [-0.1, -0.05) is 55.8 Å². The number of carbonyl (C=O) groups is 3. The average Bonchev–Trinajstić information content (AvgIpc) is 2.99. The van der Waals surface area contributed by atoms with Crippen LogP contribution in [-0.4, -0.2) is 54.0 Å². The van der Waals surface area contributed by atoms with Crippen LogP contribution in [0, 0.1) is 6.92 Å². The van der Waals surface area contributed by atoms with Gasteiger partial charge in [0.1, 0.15) is 17.5 Å². The molecule has 0 aliphatic carbocycles. The van der Waals surface area contributed by atoms with Crippen molar-refractivity contribution in [2.75, 3.05) is 6.54 Å². The summed E-state index contributed by atoms with van der Waals surface area (Å²) in [6.07, 6.45) is 1.06. The maximum absolute atomic E-state index is 13.5. The third-order valence-corrected chi connectivity index (χ3v) is 7.80. The molecule has 0 saturated carbocycles. The Hall–Kier alpha value is -3.20. The third kappa shape index (κ3) is 5.14. The van der Waals surface area contributed by atoms with Crippen LogP contribution >= 0.6 is 0 Å². The largest absolute Gasteiger partial charge is 0.352 e. The molecule has 0 bridgehead atoms. The van der Waals surface area contributed by atoms with E-state index in [1.807, 2.05) is 45.0 Å². The molecule has 0 saturated heterocycles. The van der Waals surface area contributed by atoms with Crippen LogP contribution in [0.4, 0.5) is 0 Å². The molecule has 0 aromatic heterocycles. The van der Waals surface area contributed by atoms with Crippen LogP contribution in [0.3, 0.4) is 0 Å². The fraction of sp³-hybridized carbons (Fsp3) is 0.400. The third-order valence-electron chi connectivity index (χ3n) is 6.01. The Kier molecular flexibility index (Phi) is 7.76. The van der Waals surface area contributed by atoms with Gasteiger partial charge in [-0.2, -0.15) is 0 Å². The Labute approximate surface area is 201 Å². The minimum Gasteiger partial charge on any atom is -0.352 e. The number of nitrogens with one attached hydrogen (secondary N) is 1. The number of amides is 3. The predicted molar refractivity (Wildman–Crippen MR) is 128 cm³/mol. The number of benzene rings is 2. The zero-order chi connectivity index (χ0) is 25.0. The molecule has 0 unspecified atom stereocenters. The van der Waals surface area contributed by atoms with E-state index in [0.29, 0.717) is 10.7 Å². The van der Waals surface area contributed by atoms with Crippen LogP contribution in [-0.2, 0) is 26.2 Å². The van der Waals surface area contributed by atoms with Gasteiger partial charge in [0, 0.05) is 12.6 Å². The summed E-state index contributed by atoms with van der Waals surface area (Å²) in [7, 11) is -4.14. The zero-order valence-electron chi connectivity index (χ0n) is 19.9. The van der Waals surface area contributed by atoms with E-state index in [1.165, 1.54) is 23.1 Å². The molecule has 2 atom stereocenters. The molecule has 3 amide bonds. The van der Waals surface area contributed by atoms with Gasteiger partial charge < -0.3 is 10.2 Å². The normalized spacial score (nSPS) is 16.0. The first-order valence-electron chi connectivity index (χ1n) is 11.4. The number of hydrogen-bond donors (Lipinski definition) is 1. The highest BCUT2D eigenvalue weighted by atomic mass is 32.2. The second kappa shape index (κ2) is 10.4. The lowest BCUT2D eigenvalue weighted by Gasteiger charge is -2.32. The molecule has 3 rings (SSSR count). The SMILES string of the molecule is CC[C@@H](C)NC(=O)[C@@H](CC)N(Cc1cccc(C)c1)C(=O)CN1C(=O)c2ccccc2S1(=O)=O. The minimum absolute atomic E-state index is 0.0436. The molecule has 1 heterocycles. The average molecular weight is 486 g/mol. The number of fused-ring (bicyclic) bond motifs is 1. The van der Waals surface area contributed by atoms with E-state index in [1.54, 1.807) is 13.0 Å². The number of carbonyl (C=O) groups excluding carboxylic acids is 3. The minimum atomic E-state index is -4.14. The number of rotatable bonds is 9. The van der Waals surface area contributed by atoms with E-state index in [2.05, 4.69) is 5.32 Å². The lowest BCUT2D eigenvalue weighted by Crippen LogP contribution is -2.53. The topological polar surface area (TPSA) is 104 Å². The van der Waals surface area contributed by atoms with Gasteiger partial charge in [-0.25, -0.2) is 12.7 Å². The van der Waals surface area contributed by atoms with Crippen molar-refractivity contribution in [1.82, 2.24) is 14.5 Å². The summed E-state index contributed by atoms with van der Waals surface area (Å²) in [6.45, 7) is 6.99. The van der Waals surface area contributed by atoms with Crippen molar-refractivity contribution < 1.29 is 22.8 Å². The summed E-state index contributed by atoms with van der Waals surface area (Å²) in [5.74, 6) is -1.66. The first-order valence-corrected chi connectivity index (χ1v) is 12.9. The van der Waals surface area contributed by atoms with Crippen LogP contribution in [0.5, 0.6) is 0 Å². The first-order chi connectivity index (χ1) is 16.1. The van der Waals surface area contributed by atoms with E-state index in [4.69, 9.17) is 0 Å². The van der Waals surface area contributed by atoms with Gasteiger partial charge in [-0.05, 0) is 44.4 Å². The molecule has 182 valence electrons. The van der Waals surface area contributed by atoms with Crippen molar-refractivity contribution in [3.05, 3.63) is 65.2 Å². The number of hydrogen-bond acceptors (Lipinski definition) is 5. The Bertz CT molecular complexity index is 1190. The molecule has 0 fully saturated rings. The van der Waals surface area contributed by atoms with Crippen molar-refractivity contribution in [3.63, 3.8) is 0 Å². The smallest absolute Gasteiger partial charge is 0.269 e. The second-order valence-electron chi connectivity index (χ2n) is 8.57. The highest BCUT2D eigenvalue weighted by Crippen LogP contribution is 2.30. The standard InChI is InChI=1S/C25H31N3O5S/c1-5-18(4)26-24(30)21(6-2)27(15-19-11-9-10-17(3)14-19)23(29)16-28-25(31)20-12-7-8-13-22(20)34(28,32)33/h7-14,18,21H,5-6,15-16H2,1-4H3,(H,26,30)/t18-,21-/m1/s1. The maximum Gasteiger partial charge on any atom is 0.269 e. The van der Waals surface area contributed by atoms with E-state index < -0.39 is 34.4 Å². The first kappa shape index (κ1) is 25.4. The summed E-state index contributed by atoms with van der Waals surface area (Å²) < 4.78 is 26.5. The fourth-order valence-corrected chi connectivity index (χ4v) is 5.49. The molecule has 9 heteroatoms. The lowest BCUT2D eigenvalue weighted by molar-refractivity contribution is -0.141. The summed E-state index contributed by atoms with van der Waals surface area (Å²) in [6, 6.07) is 12.5. The van der Waals surface area contributed by atoms with Gasteiger partial charge in [0.2, 0.25) is 11.8 Å². The Morgan fingerprint density at radius 2 is 1.76 bits per heavy atom. The summed E-state index contributed by atoms with van der Waals surface area (Å²) in [4.78, 5) is 40.7. The molecule has 1 aliphatic heterocycles. The van der Waals surface area contributed by atoms with Crippen molar-refractivity contribution in [2.24, 2.45) is 0 Å². The zero-order valence-corrected chi connectivity index (χ0v) is 20.8. The van der Waals surface area contributed by atoms with E-state index >= 15 is 0 Å². The van der Waals surface area contributed by atoms with Crippen molar-refractivity contribution in [2.45, 2.75) is 64.1 Å². The number of nitrogens with zero attached hydrogens (tertiary/aromatic N) is 2. The van der Waals surface area contributed by atoms with Crippen molar-refractivity contribution in [3.8, 4) is 0 Å². The van der Waals surface area contributed by atoms with Gasteiger partial charge in [-0.3, -0.25) is 14.4 Å². The molecule has 2 aromatic carbocycles. The Balaban J connectivity index is 1.93. The predicted octanol–water partition coefficient (Wildman–Crippen LogP) is 2.86. The Morgan fingerprint density at radius 3 is 2.38 bits per heavy atom. The molecular weight excluding hydrogens is 454 g/mol. The molecule has 8 nitrogen and oxygen atoms in total. The summed E-state index contributed by atoms with van der Waals surface area (Å²) in [5.41, 5.74) is 1.85. The molecule has 0 radical (unpaired) electrons. The lowest BCUT2D eigenvalue weighted by atomic mass is 10.1. The summed E-state index contributed by atoms with van der Waals surface area (Å²) in [5, 5.41) is 2.91. The second-order valence-corrected chi connectivity index (χ2v) is 10.4. The molecule has 2 aromatic rings. The van der Waals surface area contributed by atoms with Gasteiger partial charge >= 0.3 is 0 Å². The molecule has 1 N–H and O–H groups in total. The molecular formula is C25H31N3O5S. The highest BCUT2D eigenvalue weighted by Gasteiger charge is 2.43. The quantitative estimate of drug-likeness (QED) is 0.588. The van der Waals surface area contributed by atoms with E-state index in [9.17, 15) is 22.8 Å². The molecule has 0 spiro atoms. The van der Waals surface area contributed by atoms with Crippen molar-refractivity contribution >= 4 is 27.7 Å². The Morgan fingerprint density at radius 1 is 1.06 bits per heavy atom. The van der Waals surface area contributed by atoms with Crippen LogP contribution in [0.25, 0.3) is 0 Å². The monoisotopic (exact) mass is 485 g/mol. The summed E-state index contributed by atoms with van der Waals surface area (Å²) >= 11 is 0. The van der Waals surface area contributed by atoms with E-state index in [-0.39, 0.29) is 29.0 Å². The van der Waals surface area contributed by atoms with Crippen LogP contribution in [0.1, 0.15) is 55.1 Å². The number of aryl methyl sites for hydroxylation is 1. The maximum atomic E-state index is 13.5. The van der Waals surface area contributed by atoms with Crippen LogP contribution < -0.4 is 5.32 Å². The highest BCUT2D eigenvalue weighted by molar-refractivity contribution is 7.90. The van der Waals surface area contributed by atoms with Gasteiger partial charge in [0.05, 0.1) is 5.56 Å². The van der Waals surface area contributed by atoms with Crippen LogP contribution in [0.2, 0.25) is 0 Å². The van der Waals surface area contributed by atoms with Crippen molar-refractivity contribution in [1.29, 1.82) is 0 Å². The van der Waals surface area contributed by atoms with Gasteiger partial charge in [-0.15, -0.1) is 0 Å².